The molecule has 0 saturated heterocycles. The topological polar surface area (TPSA) is 27.7 Å². The molecule has 1 aromatic carbocycles. The highest BCUT2D eigenvalue weighted by Gasteiger charge is 2.31. The largest absolute Gasteiger partial charge is 0.408 e. The molecule has 110 valence electrons. The molecular weight excluding hydrogens is 268 g/mol. The highest BCUT2D eigenvalue weighted by molar-refractivity contribution is 6.31. The summed E-state index contributed by atoms with van der Waals surface area (Å²) in [5.74, 6) is 0. The third-order valence-corrected chi connectivity index (χ3v) is 4.12. The van der Waals surface area contributed by atoms with Crippen molar-refractivity contribution < 1.29 is 13.9 Å². The number of rotatable bonds is 10. The molecule has 1 rings (SSSR count). The minimum Gasteiger partial charge on any atom is -0.408 e. The molecule has 0 saturated carbocycles. The average molecular weight is 292 g/mol. The first-order chi connectivity index (χ1) is 9.69. The Balaban J connectivity index is 2.56. The molecular formula is C16H24O3Si. The Labute approximate surface area is 124 Å². The van der Waals surface area contributed by atoms with E-state index in [9.17, 15) is 0 Å². The van der Waals surface area contributed by atoms with Crippen molar-refractivity contribution in [1.82, 2.24) is 0 Å². The smallest absolute Gasteiger partial charge is 0.304 e. The van der Waals surface area contributed by atoms with Gasteiger partial charge in [-0.2, -0.15) is 0 Å². The van der Waals surface area contributed by atoms with E-state index in [1.807, 2.05) is 38.1 Å². The van der Waals surface area contributed by atoms with Gasteiger partial charge in [-0.05, 0) is 37.5 Å². The summed E-state index contributed by atoms with van der Waals surface area (Å²) in [6, 6.07) is 8.16. The van der Waals surface area contributed by atoms with Gasteiger partial charge in [0.05, 0.1) is 6.61 Å². The van der Waals surface area contributed by atoms with Crippen LogP contribution < -0.4 is 0 Å². The molecule has 1 aromatic rings. The minimum absolute atomic E-state index is 0.160. The molecule has 0 aliphatic rings. The molecule has 0 fully saturated rings. The van der Waals surface area contributed by atoms with Crippen molar-refractivity contribution in [2.45, 2.75) is 39.2 Å². The number of hydrogen-bond donors (Lipinski definition) is 0. The van der Waals surface area contributed by atoms with Crippen LogP contribution in [0, 0.1) is 0 Å². The fraction of sp³-hybridized carbons (Fsp3) is 0.500. The first-order valence-corrected chi connectivity index (χ1v) is 7.98. The van der Waals surface area contributed by atoms with Crippen molar-refractivity contribution in [1.29, 1.82) is 0 Å². The summed E-state index contributed by atoms with van der Waals surface area (Å²) in [7, 11) is 0.160. The van der Waals surface area contributed by atoms with Gasteiger partial charge in [0.1, 0.15) is 0 Å². The van der Waals surface area contributed by atoms with E-state index in [1.165, 1.54) is 0 Å². The fourth-order valence-corrected chi connectivity index (χ4v) is 2.89. The zero-order valence-corrected chi connectivity index (χ0v) is 13.6. The molecule has 4 heteroatoms. The van der Waals surface area contributed by atoms with Crippen molar-refractivity contribution in [3.63, 3.8) is 0 Å². The Morgan fingerprint density at radius 3 is 2.45 bits per heavy atom. The maximum Gasteiger partial charge on any atom is 0.304 e. The van der Waals surface area contributed by atoms with E-state index in [2.05, 4.69) is 19.6 Å². The van der Waals surface area contributed by atoms with Gasteiger partial charge in [-0.25, -0.2) is 0 Å². The van der Waals surface area contributed by atoms with E-state index in [0.29, 0.717) is 19.8 Å². The van der Waals surface area contributed by atoms with E-state index < -0.39 is 5.41 Å². The quantitative estimate of drug-likeness (QED) is 0.487. The lowest BCUT2D eigenvalue weighted by Crippen LogP contribution is -2.43. The van der Waals surface area contributed by atoms with Gasteiger partial charge in [0.25, 0.3) is 0 Å². The van der Waals surface area contributed by atoms with Gasteiger partial charge in [-0.1, -0.05) is 37.8 Å². The Hall–Kier alpha value is -0.943. The standard InChI is InChI=1S/C16H24O3Si/c1-5-14-10-9-11-15(12-14)13-19-20-16(6-2,17-7-3)18-8-4/h5,9-12H,1,6-8,13H2,2-4H3. The number of benzene rings is 1. The summed E-state index contributed by atoms with van der Waals surface area (Å²) in [6.07, 6.45) is 2.61. The molecule has 0 aliphatic carbocycles. The molecule has 0 aliphatic heterocycles. The van der Waals surface area contributed by atoms with Crippen LogP contribution in [0.1, 0.15) is 38.3 Å². The van der Waals surface area contributed by atoms with E-state index in [4.69, 9.17) is 13.9 Å². The van der Waals surface area contributed by atoms with Crippen molar-refractivity contribution in [3.05, 3.63) is 42.0 Å². The molecule has 3 nitrogen and oxygen atoms in total. The Kier molecular flexibility index (Phi) is 7.77. The van der Waals surface area contributed by atoms with E-state index in [1.54, 1.807) is 0 Å². The molecule has 2 radical (unpaired) electrons. The molecule has 0 spiro atoms. The first-order valence-electron chi connectivity index (χ1n) is 7.08. The second-order valence-corrected chi connectivity index (χ2v) is 5.57. The van der Waals surface area contributed by atoms with E-state index in [0.717, 1.165) is 17.5 Å². The summed E-state index contributed by atoms with van der Waals surface area (Å²) in [6.45, 7) is 11.6. The van der Waals surface area contributed by atoms with Crippen LogP contribution in [0.25, 0.3) is 6.08 Å². The summed E-state index contributed by atoms with van der Waals surface area (Å²) in [4.78, 5) is 0. The van der Waals surface area contributed by atoms with Crippen molar-refractivity contribution >= 4 is 15.8 Å². The normalized spacial score (nSPS) is 11.6. The van der Waals surface area contributed by atoms with E-state index in [-0.39, 0.29) is 9.76 Å². The van der Waals surface area contributed by atoms with Gasteiger partial charge in [0.2, 0.25) is 0 Å². The van der Waals surface area contributed by atoms with Crippen molar-refractivity contribution in [3.8, 4) is 0 Å². The maximum atomic E-state index is 5.82. The summed E-state index contributed by atoms with van der Waals surface area (Å²) in [5.41, 5.74) is 1.64. The van der Waals surface area contributed by atoms with Crippen LogP contribution in [-0.2, 0) is 20.5 Å². The lowest BCUT2D eigenvalue weighted by Gasteiger charge is -2.30. The monoisotopic (exact) mass is 292 g/mol. The van der Waals surface area contributed by atoms with Crippen molar-refractivity contribution in [2.75, 3.05) is 13.2 Å². The first kappa shape index (κ1) is 17.1. The molecule has 0 amide bonds. The zero-order valence-electron chi connectivity index (χ0n) is 12.6. The molecule has 0 unspecified atom stereocenters. The maximum absolute atomic E-state index is 5.82. The second kappa shape index (κ2) is 9.08. The lowest BCUT2D eigenvalue weighted by atomic mass is 10.1. The Morgan fingerprint density at radius 1 is 1.20 bits per heavy atom. The lowest BCUT2D eigenvalue weighted by molar-refractivity contribution is -0.183. The van der Waals surface area contributed by atoms with Crippen LogP contribution in [0.15, 0.2) is 30.8 Å². The van der Waals surface area contributed by atoms with Crippen LogP contribution in [0.5, 0.6) is 0 Å². The SMILES string of the molecule is C=Cc1cccc(CO[Si]C(CC)(OCC)OCC)c1. The van der Waals surface area contributed by atoms with Gasteiger partial charge in [-0.15, -0.1) is 0 Å². The van der Waals surface area contributed by atoms with Crippen LogP contribution in [0.4, 0.5) is 0 Å². The summed E-state index contributed by atoms with van der Waals surface area (Å²) in [5, 5.41) is 0. The highest BCUT2D eigenvalue weighted by atomic mass is 28.2. The molecule has 0 bridgehead atoms. The van der Waals surface area contributed by atoms with Crippen LogP contribution in [0.3, 0.4) is 0 Å². The van der Waals surface area contributed by atoms with Crippen LogP contribution in [-0.4, -0.2) is 28.4 Å². The minimum atomic E-state index is -0.598. The number of ether oxygens (including phenoxy) is 2. The third-order valence-electron chi connectivity index (χ3n) is 2.87. The van der Waals surface area contributed by atoms with E-state index >= 15 is 0 Å². The van der Waals surface area contributed by atoms with Gasteiger partial charge in [0, 0.05) is 13.2 Å². The molecule has 20 heavy (non-hydrogen) atoms. The predicted octanol–water partition coefficient (Wildman–Crippen LogP) is 3.60. The fourth-order valence-electron chi connectivity index (χ4n) is 1.88. The number of hydrogen-bond acceptors (Lipinski definition) is 3. The Bertz CT molecular complexity index is 400. The third kappa shape index (κ3) is 5.21. The Morgan fingerprint density at radius 2 is 1.90 bits per heavy atom. The molecule has 0 atom stereocenters. The van der Waals surface area contributed by atoms with Gasteiger partial charge in [-0.3, -0.25) is 0 Å². The zero-order chi connectivity index (χ0) is 14.8. The van der Waals surface area contributed by atoms with Gasteiger partial charge in [0.15, 0.2) is 5.41 Å². The molecule has 0 heterocycles. The summed E-state index contributed by atoms with van der Waals surface area (Å²) < 4.78 is 17.3. The van der Waals surface area contributed by atoms with Crippen molar-refractivity contribution in [2.24, 2.45) is 0 Å². The van der Waals surface area contributed by atoms with Gasteiger partial charge < -0.3 is 13.9 Å². The van der Waals surface area contributed by atoms with Crippen LogP contribution >= 0.6 is 0 Å². The summed E-state index contributed by atoms with van der Waals surface area (Å²) >= 11 is 0. The highest BCUT2D eigenvalue weighted by Crippen LogP contribution is 2.18. The second-order valence-electron chi connectivity index (χ2n) is 4.31. The predicted molar refractivity (Wildman–Crippen MR) is 83.4 cm³/mol. The van der Waals surface area contributed by atoms with Crippen LogP contribution in [0.2, 0.25) is 0 Å². The average Bonchev–Trinajstić information content (AvgIpc) is 2.48. The molecule has 0 aromatic heterocycles. The van der Waals surface area contributed by atoms with Gasteiger partial charge >= 0.3 is 9.76 Å². The molecule has 0 N–H and O–H groups in total.